The van der Waals surface area contributed by atoms with Gasteiger partial charge < -0.3 is 0 Å². The van der Waals surface area contributed by atoms with Gasteiger partial charge in [-0.25, -0.2) is 4.79 Å². The Morgan fingerprint density at radius 2 is 1.46 bits per heavy atom. The first-order valence-electron chi connectivity index (χ1n) is 9.85. The molecule has 0 aliphatic heterocycles. The fraction of sp³-hybridized carbons (Fsp3) is 0.696. The number of unbranched alkanes of at least 4 members (excludes halogenated alkanes) is 2. The van der Waals surface area contributed by atoms with E-state index in [1.807, 2.05) is 37.3 Å². The summed E-state index contributed by atoms with van der Waals surface area (Å²) in [4.78, 5) is 23.0. The largest absolute Gasteiger partial charge is 0.342 e. The van der Waals surface area contributed by atoms with Crippen molar-refractivity contribution >= 4 is 5.97 Å². The van der Waals surface area contributed by atoms with Crippen molar-refractivity contribution in [3.8, 4) is 0 Å². The number of carbonyl (C=O) groups is 1. The predicted molar refractivity (Wildman–Crippen MR) is 108 cm³/mol. The standard InChI is InChI=1S/C23H38O3/c1-21(2,3)17-13-9-12-16-20(24)25-26-23(7,18-22(4,5)6)19-14-10-8-11-15-19/h8,10-11,14-15H,9,12-13,16-18H2,1-7H3. The summed E-state index contributed by atoms with van der Waals surface area (Å²) in [6.45, 7) is 15.2. The highest BCUT2D eigenvalue weighted by molar-refractivity contribution is 5.68. The first-order valence-corrected chi connectivity index (χ1v) is 9.85. The van der Waals surface area contributed by atoms with Crippen LogP contribution in [0.25, 0.3) is 0 Å². The zero-order chi connectivity index (χ0) is 19.8. The van der Waals surface area contributed by atoms with E-state index in [0.29, 0.717) is 11.8 Å². The van der Waals surface area contributed by atoms with E-state index in [2.05, 4.69) is 41.5 Å². The Morgan fingerprint density at radius 1 is 0.846 bits per heavy atom. The molecule has 1 atom stereocenters. The molecule has 0 heterocycles. The molecule has 0 saturated carbocycles. The molecule has 0 saturated heterocycles. The lowest BCUT2D eigenvalue weighted by Gasteiger charge is -2.34. The van der Waals surface area contributed by atoms with E-state index in [4.69, 9.17) is 9.78 Å². The molecule has 0 aromatic heterocycles. The molecule has 0 radical (unpaired) electrons. The van der Waals surface area contributed by atoms with Crippen LogP contribution in [0.2, 0.25) is 0 Å². The number of benzene rings is 1. The molecule has 148 valence electrons. The molecule has 0 fully saturated rings. The Balaban J connectivity index is 2.52. The Bertz CT molecular complexity index is 537. The predicted octanol–water partition coefficient (Wildman–Crippen LogP) is 6.81. The van der Waals surface area contributed by atoms with Crippen LogP contribution in [-0.4, -0.2) is 5.97 Å². The van der Waals surface area contributed by atoms with Crippen molar-refractivity contribution in [1.29, 1.82) is 0 Å². The molecule has 1 aromatic rings. The highest BCUT2D eigenvalue weighted by atomic mass is 17.2. The average molecular weight is 363 g/mol. The molecule has 3 heteroatoms. The van der Waals surface area contributed by atoms with Gasteiger partial charge in [0.05, 0.1) is 0 Å². The summed E-state index contributed by atoms with van der Waals surface area (Å²) < 4.78 is 0. The van der Waals surface area contributed by atoms with E-state index in [0.717, 1.165) is 31.2 Å². The summed E-state index contributed by atoms with van der Waals surface area (Å²) in [5.41, 5.74) is 0.771. The van der Waals surface area contributed by atoms with Gasteiger partial charge >= 0.3 is 5.97 Å². The lowest BCUT2D eigenvalue weighted by Crippen LogP contribution is -2.32. The van der Waals surface area contributed by atoms with Gasteiger partial charge in [-0.1, -0.05) is 84.7 Å². The maximum Gasteiger partial charge on any atom is 0.342 e. The SMILES string of the molecule is CC(C)(C)CCCCCC(=O)OOC(C)(CC(C)(C)C)c1ccccc1. The van der Waals surface area contributed by atoms with Gasteiger partial charge in [0.2, 0.25) is 0 Å². The van der Waals surface area contributed by atoms with Crippen LogP contribution in [-0.2, 0) is 20.2 Å². The molecule has 0 amide bonds. The number of hydrogen-bond acceptors (Lipinski definition) is 3. The van der Waals surface area contributed by atoms with E-state index >= 15 is 0 Å². The van der Waals surface area contributed by atoms with E-state index < -0.39 is 5.60 Å². The lowest BCUT2D eigenvalue weighted by molar-refractivity contribution is -0.339. The van der Waals surface area contributed by atoms with Gasteiger partial charge in [0.15, 0.2) is 0 Å². The molecule has 1 aromatic carbocycles. The summed E-state index contributed by atoms with van der Waals surface area (Å²) in [5, 5.41) is 0. The minimum atomic E-state index is -0.651. The third-order valence-corrected chi connectivity index (χ3v) is 4.38. The van der Waals surface area contributed by atoms with Crippen molar-refractivity contribution in [1.82, 2.24) is 0 Å². The van der Waals surface area contributed by atoms with Gasteiger partial charge in [-0.3, -0.25) is 4.89 Å². The molecule has 1 unspecified atom stereocenters. The summed E-state index contributed by atoms with van der Waals surface area (Å²) >= 11 is 0. The van der Waals surface area contributed by atoms with Gasteiger partial charge in [-0.2, -0.15) is 4.89 Å². The number of rotatable bonds is 9. The summed E-state index contributed by atoms with van der Waals surface area (Å²) in [6, 6.07) is 9.98. The maximum absolute atomic E-state index is 12.1. The van der Waals surface area contributed by atoms with Crippen LogP contribution in [0.15, 0.2) is 30.3 Å². The topological polar surface area (TPSA) is 35.5 Å². The zero-order valence-corrected chi connectivity index (χ0v) is 17.9. The maximum atomic E-state index is 12.1. The summed E-state index contributed by atoms with van der Waals surface area (Å²) in [6.07, 6.45) is 5.37. The highest BCUT2D eigenvalue weighted by Crippen LogP contribution is 2.37. The Hall–Kier alpha value is -1.35. The van der Waals surface area contributed by atoms with E-state index in [1.165, 1.54) is 6.42 Å². The second-order valence-electron chi connectivity index (χ2n) is 9.99. The fourth-order valence-corrected chi connectivity index (χ4v) is 3.26. The van der Waals surface area contributed by atoms with Crippen molar-refractivity contribution in [2.75, 3.05) is 0 Å². The second kappa shape index (κ2) is 9.55. The van der Waals surface area contributed by atoms with E-state index in [1.54, 1.807) is 0 Å². The monoisotopic (exact) mass is 362 g/mol. The minimum Gasteiger partial charge on any atom is -0.297 e. The summed E-state index contributed by atoms with van der Waals surface area (Å²) in [7, 11) is 0. The fourth-order valence-electron chi connectivity index (χ4n) is 3.26. The van der Waals surface area contributed by atoms with Gasteiger partial charge in [-0.05, 0) is 42.6 Å². The third kappa shape index (κ3) is 9.38. The van der Waals surface area contributed by atoms with Crippen molar-refractivity contribution in [3.63, 3.8) is 0 Å². The molecular weight excluding hydrogens is 324 g/mol. The van der Waals surface area contributed by atoms with E-state index in [9.17, 15) is 4.79 Å². The minimum absolute atomic E-state index is 0.0456. The van der Waals surface area contributed by atoms with Crippen LogP contribution in [0.3, 0.4) is 0 Å². The van der Waals surface area contributed by atoms with Gasteiger partial charge in [0.1, 0.15) is 5.60 Å². The molecule has 0 bridgehead atoms. The molecule has 0 spiro atoms. The van der Waals surface area contributed by atoms with Crippen LogP contribution in [0.5, 0.6) is 0 Å². The van der Waals surface area contributed by atoms with Crippen LogP contribution < -0.4 is 0 Å². The molecular formula is C23H38O3. The molecule has 0 aliphatic carbocycles. The van der Waals surface area contributed by atoms with E-state index in [-0.39, 0.29) is 11.4 Å². The van der Waals surface area contributed by atoms with Crippen molar-refractivity contribution < 1.29 is 14.6 Å². The third-order valence-electron chi connectivity index (χ3n) is 4.38. The van der Waals surface area contributed by atoms with Crippen molar-refractivity contribution in [3.05, 3.63) is 35.9 Å². The number of hydrogen-bond donors (Lipinski definition) is 0. The zero-order valence-electron chi connectivity index (χ0n) is 17.9. The van der Waals surface area contributed by atoms with Crippen LogP contribution in [0.1, 0.15) is 92.6 Å². The average Bonchev–Trinajstić information content (AvgIpc) is 2.51. The summed E-state index contributed by atoms with van der Waals surface area (Å²) in [5.74, 6) is -0.281. The quantitative estimate of drug-likeness (QED) is 0.275. The Labute approximate surface area is 160 Å². The molecule has 26 heavy (non-hydrogen) atoms. The molecule has 1 rings (SSSR count). The van der Waals surface area contributed by atoms with Gasteiger partial charge in [0, 0.05) is 6.42 Å². The first-order chi connectivity index (χ1) is 11.9. The molecule has 3 nitrogen and oxygen atoms in total. The van der Waals surface area contributed by atoms with Gasteiger partial charge in [-0.15, -0.1) is 0 Å². The van der Waals surface area contributed by atoms with Crippen molar-refractivity contribution in [2.24, 2.45) is 10.8 Å². The Kier molecular flexibility index (Phi) is 8.33. The smallest absolute Gasteiger partial charge is 0.297 e. The van der Waals surface area contributed by atoms with Crippen LogP contribution >= 0.6 is 0 Å². The second-order valence-corrected chi connectivity index (χ2v) is 9.99. The molecule has 0 N–H and O–H groups in total. The van der Waals surface area contributed by atoms with Crippen LogP contribution in [0, 0.1) is 10.8 Å². The highest BCUT2D eigenvalue weighted by Gasteiger charge is 2.35. The number of carbonyl (C=O) groups excluding carboxylic acids is 1. The first kappa shape index (κ1) is 22.7. The molecule has 0 aliphatic rings. The normalized spacial score (nSPS) is 14.7. The van der Waals surface area contributed by atoms with Crippen LogP contribution in [0.4, 0.5) is 0 Å². The van der Waals surface area contributed by atoms with Gasteiger partial charge in [0.25, 0.3) is 0 Å². The Morgan fingerprint density at radius 3 is 2.00 bits per heavy atom. The lowest BCUT2D eigenvalue weighted by atomic mass is 9.79. The van der Waals surface area contributed by atoms with Crippen molar-refractivity contribution in [2.45, 2.75) is 92.6 Å².